The van der Waals surface area contributed by atoms with Crippen LogP contribution in [0.5, 0.6) is 0 Å². The lowest BCUT2D eigenvalue weighted by atomic mass is 10.0. The second-order valence-electron chi connectivity index (χ2n) is 17.0. The molecular formula is C43H67N9O16. The summed E-state index contributed by atoms with van der Waals surface area (Å²) in [4.78, 5) is 140. The third-order valence-corrected chi connectivity index (χ3v) is 10.1. The lowest BCUT2D eigenvalue weighted by Crippen LogP contribution is -2.62. The topological polar surface area (TPSA) is 411 Å². The van der Waals surface area contributed by atoms with E-state index in [1.54, 1.807) is 44.2 Å². The predicted octanol–water partition coefficient (Wildman–Crippen LogP) is -3.64. The number of aliphatic hydroxyl groups is 2. The molecule has 0 aliphatic rings. The first kappa shape index (κ1) is 59.3. The van der Waals surface area contributed by atoms with E-state index in [9.17, 15) is 78.3 Å². The SMILES string of the molecule is CC(C)C[C@H](NC(=O)[C@H](C)NC(=O)[C@H](C)NC(=O)[C@@H](NC(=O)[C@@H](NC(=O)[C@H](CCC(=O)O)NC(=O)[C@H](CO)NC(=O)[C@H](CCC(=O)O)NC(=O)[C@@H](N)Cc1ccccc1)C(C)C)[C@@H](C)O)C(=O)O. The first-order valence-corrected chi connectivity index (χ1v) is 21.9. The number of nitrogens with two attached hydrogens (primary N) is 1. The Morgan fingerprint density at radius 3 is 1.38 bits per heavy atom. The number of rotatable bonds is 30. The van der Waals surface area contributed by atoms with Gasteiger partial charge in [-0.1, -0.05) is 58.0 Å². The monoisotopic (exact) mass is 965 g/mol. The van der Waals surface area contributed by atoms with Crippen LogP contribution in [-0.4, -0.2) is 158 Å². The van der Waals surface area contributed by atoms with Gasteiger partial charge in [-0.2, -0.15) is 0 Å². The molecule has 68 heavy (non-hydrogen) atoms. The summed E-state index contributed by atoms with van der Waals surface area (Å²) in [7, 11) is 0. The number of hydrogen-bond acceptors (Lipinski definition) is 14. The summed E-state index contributed by atoms with van der Waals surface area (Å²) >= 11 is 0. The van der Waals surface area contributed by atoms with E-state index in [1.807, 2.05) is 0 Å². The number of nitrogens with one attached hydrogen (secondary N) is 8. The fourth-order valence-electron chi connectivity index (χ4n) is 6.25. The van der Waals surface area contributed by atoms with Gasteiger partial charge in [0.05, 0.1) is 18.8 Å². The van der Waals surface area contributed by atoms with Crippen LogP contribution in [0.4, 0.5) is 0 Å². The molecule has 25 nitrogen and oxygen atoms in total. The molecular weight excluding hydrogens is 899 g/mol. The quantitative estimate of drug-likeness (QED) is 0.0354. The molecule has 0 aliphatic carbocycles. The molecule has 0 unspecified atom stereocenters. The molecule has 0 fully saturated rings. The van der Waals surface area contributed by atoms with E-state index < -0.39 is 164 Å². The molecule has 8 amide bonds. The van der Waals surface area contributed by atoms with Crippen LogP contribution < -0.4 is 48.3 Å². The Morgan fingerprint density at radius 1 is 0.515 bits per heavy atom. The zero-order valence-corrected chi connectivity index (χ0v) is 39.1. The molecule has 0 saturated carbocycles. The van der Waals surface area contributed by atoms with Crippen LogP contribution in [0.25, 0.3) is 0 Å². The van der Waals surface area contributed by atoms with Gasteiger partial charge in [-0.3, -0.25) is 47.9 Å². The summed E-state index contributed by atoms with van der Waals surface area (Å²) in [6, 6.07) is -4.82. The lowest BCUT2D eigenvalue weighted by molar-refractivity contribution is -0.143. The van der Waals surface area contributed by atoms with E-state index in [-0.39, 0.29) is 18.8 Å². The normalized spacial score (nSPS) is 15.5. The van der Waals surface area contributed by atoms with Gasteiger partial charge in [-0.05, 0) is 63.9 Å². The molecule has 0 aromatic heterocycles. The predicted molar refractivity (Wildman–Crippen MR) is 239 cm³/mol. The highest BCUT2D eigenvalue weighted by atomic mass is 16.4. The highest BCUT2D eigenvalue weighted by Crippen LogP contribution is 2.10. The zero-order valence-electron chi connectivity index (χ0n) is 39.1. The summed E-state index contributed by atoms with van der Waals surface area (Å²) in [5.41, 5.74) is 6.71. The van der Waals surface area contributed by atoms with Crippen molar-refractivity contribution < 1.29 is 78.3 Å². The Kier molecular flexibility index (Phi) is 25.4. The van der Waals surface area contributed by atoms with Crippen LogP contribution in [0.3, 0.4) is 0 Å². The van der Waals surface area contributed by atoms with Crippen LogP contribution >= 0.6 is 0 Å². The van der Waals surface area contributed by atoms with Gasteiger partial charge in [0.1, 0.15) is 48.3 Å². The van der Waals surface area contributed by atoms with Crippen molar-refractivity contribution in [1.82, 2.24) is 42.5 Å². The summed E-state index contributed by atoms with van der Waals surface area (Å²) in [6.07, 6.45) is -3.80. The first-order valence-electron chi connectivity index (χ1n) is 21.9. The Bertz CT molecular complexity index is 1930. The first-order chi connectivity index (χ1) is 31.7. The van der Waals surface area contributed by atoms with Crippen LogP contribution in [0.2, 0.25) is 0 Å². The Morgan fingerprint density at radius 2 is 0.926 bits per heavy atom. The Balaban J connectivity index is 3.15. The number of carbonyl (C=O) groups excluding carboxylic acids is 8. The van der Waals surface area contributed by atoms with Crippen LogP contribution in [0.15, 0.2) is 30.3 Å². The van der Waals surface area contributed by atoms with E-state index in [2.05, 4.69) is 42.5 Å². The van der Waals surface area contributed by atoms with Gasteiger partial charge in [0.25, 0.3) is 0 Å². The number of benzene rings is 1. The average Bonchev–Trinajstić information content (AvgIpc) is 3.25. The molecule has 25 heteroatoms. The maximum atomic E-state index is 13.7. The van der Waals surface area contributed by atoms with E-state index in [4.69, 9.17) is 5.73 Å². The second kappa shape index (κ2) is 29.1. The smallest absolute Gasteiger partial charge is 0.326 e. The fourth-order valence-corrected chi connectivity index (χ4v) is 6.25. The molecule has 0 spiro atoms. The lowest BCUT2D eigenvalue weighted by Gasteiger charge is -2.29. The molecule has 0 aliphatic heterocycles. The van der Waals surface area contributed by atoms with Crippen LogP contribution in [0.1, 0.15) is 86.1 Å². The van der Waals surface area contributed by atoms with Crippen LogP contribution in [0, 0.1) is 11.8 Å². The standard InChI is InChI=1S/C43H67N9O16/c1-20(2)17-29(43(67)68)49-36(60)23(6)45-35(59)22(5)46-42(66)34(24(7)54)52-41(65)33(21(3)4)51-39(63)28(14-16-32(57)58)48-40(64)30(19-53)50-38(62)27(13-15-31(55)56)47-37(61)26(44)18-25-11-9-8-10-12-25/h8-12,20-24,26-30,33-34,53-54H,13-19,44H2,1-7H3,(H,45,59)(H,46,66)(H,47,61)(H,48,64)(H,49,60)(H,50,62)(H,51,63)(H,52,65)(H,55,56)(H,57,58)(H,67,68)/t22-,23-,24+,26-,27-,28-,29-,30-,33-,34-/m0/s1. The van der Waals surface area contributed by atoms with Crippen molar-refractivity contribution in [1.29, 1.82) is 0 Å². The van der Waals surface area contributed by atoms with Crippen molar-refractivity contribution in [3.05, 3.63) is 35.9 Å². The Labute approximate surface area is 392 Å². The Hall–Kier alpha value is -6.73. The fraction of sp³-hybridized carbons (Fsp3) is 0.605. The molecule has 10 atom stereocenters. The van der Waals surface area contributed by atoms with E-state index in [1.165, 1.54) is 27.7 Å². The summed E-state index contributed by atoms with van der Waals surface area (Å²) in [5.74, 6) is -13.0. The molecule has 0 saturated heterocycles. The number of hydrogen-bond donors (Lipinski definition) is 14. The molecule has 1 rings (SSSR count). The second-order valence-corrected chi connectivity index (χ2v) is 17.0. The van der Waals surface area contributed by atoms with E-state index in [0.717, 1.165) is 6.92 Å². The summed E-state index contributed by atoms with van der Waals surface area (Å²) in [6.45, 7) is 9.02. The number of carboxylic acids is 3. The average molecular weight is 966 g/mol. The van der Waals surface area contributed by atoms with Gasteiger partial charge in [0.15, 0.2) is 0 Å². The van der Waals surface area contributed by atoms with Crippen LogP contribution in [-0.2, 0) is 59.2 Å². The van der Waals surface area contributed by atoms with Gasteiger partial charge in [-0.25, -0.2) is 4.79 Å². The number of carboxylic acid groups (broad SMARTS) is 3. The third kappa shape index (κ3) is 21.3. The highest BCUT2D eigenvalue weighted by molar-refractivity contribution is 5.98. The summed E-state index contributed by atoms with van der Waals surface area (Å²) in [5, 5.41) is 67.0. The van der Waals surface area contributed by atoms with Gasteiger partial charge in [0.2, 0.25) is 47.3 Å². The minimum Gasteiger partial charge on any atom is -0.481 e. The number of aliphatic carboxylic acids is 3. The zero-order chi connectivity index (χ0) is 52.0. The van der Waals surface area contributed by atoms with Gasteiger partial charge in [-0.15, -0.1) is 0 Å². The van der Waals surface area contributed by atoms with Gasteiger partial charge < -0.3 is 73.8 Å². The van der Waals surface area contributed by atoms with Crippen molar-refractivity contribution >= 4 is 65.2 Å². The molecule has 0 radical (unpaired) electrons. The van der Waals surface area contributed by atoms with Gasteiger partial charge >= 0.3 is 17.9 Å². The molecule has 1 aromatic carbocycles. The maximum Gasteiger partial charge on any atom is 0.326 e. The number of carbonyl (C=O) groups is 11. The highest BCUT2D eigenvalue weighted by Gasteiger charge is 2.36. The van der Waals surface area contributed by atoms with E-state index >= 15 is 0 Å². The van der Waals surface area contributed by atoms with Crippen molar-refractivity contribution in [3.8, 4) is 0 Å². The van der Waals surface area contributed by atoms with E-state index in [0.29, 0.717) is 5.56 Å². The molecule has 380 valence electrons. The molecule has 0 heterocycles. The molecule has 0 bridgehead atoms. The van der Waals surface area contributed by atoms with Crippen molar-refractivity contribution in [2.45, 2.75) is 147 Å². The van der Waals surface area contributed by atoms with Crippen molar-refractivity contribution in [2.24, 2.45) is 17.6 Å². The number of aliphatic hydroxyl groups excluding tert-OH is 2. The molecule has 15 N–H and O–H groups in total. The van der Waals surface area contributed by atoms with Crippen molar-refractivity contribution in [2.75, 3.05) is 6.61 Å². The minimum absolute atomic E-state index is 0.0550. The number of amides is 8. The summed E-state index contributed by atoms with van der Waals surface area (Å²) < 4.78 is 0. The van der Waals surface area contributed by atoms with Gasteiger partial charge in [0, 0.05) is 12.8 Å². The maximum absolute atomic E-state index is 13.7. The molecule has 1 aromatic rings. The minimum atomic E-state index is -1.84. The third-order valence-electron chi connectivity index (χ3n) is 10.1. The van der Waals surface area contributed by atoms with Crippen molar-refractivity contribution in [3.63, 3.8) is 0 Å². The largest absolute Gasteiger partial charge is 0.481 e.